The standard InChI is InChI=1S/C25H20N3O5/c1-24(2)25(3,4)28(30)23(27(24)29)13-11-18-22-19(12-13)33-17-10-6-8-15-21(17)26(22)20-14(31-15)7-5-9-16(20)32-18/h5-12H,1-4H3/q-1/p+1. The van der Waals surface area contributed by atoms with E-state index in [9.17, 15) is 10.4 Å². The molecule has 4 aliphatic heterocycles. The van der Waals surface area contributed by atoms with Crippen LogP contribution in [0.5, 0.6) is 34.5 Å². The zero-order valence-corrected chi connectivity index (χ0v) is 18.6. The third-order valence-electron chi connectivity index (χ3n) is 7.61. The number of hydrogen-bond acceptors (Lipinski definition) is 6. The second kappa shape index (κ2) is 5.59. The molecule has 0 spiro atoms. The minimum absolute atomic E-state index is 0.0484. The predicted octanol–water partition coefficient (Wildman–Crippen LogP) is 4.81. The summed E-state index contributed by atoms with van der Waals surface area (Å²) in [5, 5.41) is 27.4. The summed E-state index contributed by atoms with van der Waals surface area (Å²) >= 11 is 0. The molecule has 0 amide bonds. The lowest BCUT2D eigenvalue weighted by Gasteiger charge is -2.39. The Labute approximate surface area is 190 Å². The fourth-order valence-corrected chi connectivity index (χ4v) is 5.06. The first kappa shape index (κ1) is 18.8. The van der Waals surface area contributed by atoms with Crippen molar-refractivity contribution in [2.75, 3.05) is 0 Å². The summed E-state index contributed by atoms with van der Waals surface area (Å²) in [7, 11) is 0. The molecule has 0 unspecified atom stereocenters. The lowest BCUT2D eigenvalue weighted by molar-refractivity contribution is -0.689. The first-order valence-electron chi connectivity index (χ1n) is 10.9. The monoisotopic (exact) mass is 443 g/mol. The highest BCUT2D eigenvalue weighted by Crippen LogP contribution is 2.56. The van der Waals surface area contributed by atoms with Gasteiger partial charge in [0, 0.05) is 12.1 Å². The van der Waals surface area contributed by atoms with E-state index >= 15 is 0 Å². The maximum absolute atomic E-state index is 13.3. The maximum Gasteiger partial charge on any atom is 0.279 e. The largest absolute Gasteiger partial charge is 0.715 e. The molecule has 0 fully saturated rings. The van der Waals surface area contributed by atoms with Crippen molar-refractivity contribution in [3.05, 3.63) is 64.5 Å². The molecule has 33 heavy (non-hydrogen) atoms. The molecule has 3 aromatic carbocycles. The summed E-state index contributed by atoms with van der Waals surface area (Å²) in [6.07, 6.45) is 0. The van der Waals surface area contributed by atoms with Gasteiger partial charge in [-0.1, -0.05) is 12.1 Å². The van der Waals surface area contributed by atoms with E-state index in [1.165, 1.54) is 0 Å². The maximum atomic E-state index is 13.3. The van der Waals surface area contributed by atoms with Crippen LogP contribution in [0.2, 0.25) is 0 Å². The predicted molar refractivity (Wildman–Crippen MR) is 121 cm³/mol. The molecule has 4 heterocycles. The highest BCUT2D eigenvalue weighted by molar-refractivity contribution is 5.99. The number of nitrogens with zero attached hydrogens (tertiary/aromatic N) is 2. The Morgan fingerprint density at radius 2 is 1.18 bits per heavy atom. The van der Waals surface area contributed by atoms with Crippen molar-refractivity contribution in [3.63, 3.8) is 0 Å². The Balaban J connectivity index is 1.50. The van der Waals surface area contributed by atoms with E-state index in [-0.39, 0.29) is 5.84 Å². The molecule has 0 bridgehead atoms. The topological polar surface area (TPSA) is 84.5 Å². The van der Waals surface area contributed by atoms with E-state index in [4.69, 9.17) is 14.2 Å². The molecule has 0 atom stereocenters. The fourth-order valence-electron chi connectivity index (χ4n) is 5.06. The van der Waals surface area contributed by atoms with Crippen LogP contribution in [-0.4, -0.2) is 26.7 Å². The van der Waals surface area contributed by atoms with Crippen molar-refractivity contribution in [1.29, 1.82) is 0 Å². The summed E-state index contributed by atoms with van der Waals surface area (Å²) in [6.45, 7) is 7.11. The minimum atomic E-state index is -0.919. The number of ether oxygens (including phenoxy) is 3. The lowest BCUT2D eigenvalue weighted by atomic mass is 9.84. The number of quaternary nitrogens is 1. The van der Waals surface area contributed by atoms with Gasteiger partial charge in [-0.15, -0.1) is 0 Å². The van der Waals surface area contributed by atoms with E-state index in [1.54, 1.807) is 39.8 Å². The van der Waals surface area contributed by atoms with E-state index in [0.29, 0.717) is 28.6 Å². The summed E-state index contributed by atoms with van der Waals surface area (Å²) in [4.78, 5) is 0.988. The molecule has 0 aromatic heterocycles. The first-order valence-corrected chi connectivity index (χ1v) is 10.9. The van der Waals surface area contributed by atoms with Crippen LogP contribution in [0, 0.1) is 10.4 Å². The molecule has 0 aliphatic carbocycles. The van der Waals surface area contributed by atoms with E-state index < -0.39 is 11.1 Å². The van der Waals surface area contributed by atoms with Crippen LogP contribution in [0.1, 0.15) is 33.3 Å². The molecule has 3 aromatic rings. The van der Waals surface area contributed by atoms with Crippen LogP contribution in [0.25, 0.3) is 0 Å². The molecule has 166 valence electrons. The molecular weight excluding hydrogens is 422 g/mol. The highest BCUT2D eigenvalue weighted by Gasteiger charge is 2.55. The Morgan fingerprint density at radius 3 is 1.61 bits per heavy atom. The molecule has 8 heteroatoms. The van der Waals surface area contributed by atoms with Crippen molar-refractivity contribution in [2.45, 2.75) is 38.8 Å². The number of para-hydroxylation sites is 2. The zero-order chi connectivity index (χ0) is 22.9. The Morgan fingerprint density at radius 1 is 0.758 bits per heavy atom. The summed E-state index contributed by atoms with van der Waals surface area (Å²) in [5.41, 5.74) is 1.19. The molecule has 4 aliphatic rings. The smallest absolute Gasteiger partial charge is 0.279 e. The second-order valence-corrected chi connectivity index (χ2v) is 9.82. The summed E-state index contributed by atoms with van der Waals surface area (Å²) < 4.78 is 19.5. The van der Waals surface area contributed by atoms with Gasteiger partial charge in [0.25, 0.3) is 5.84 Å². The normalized spacial score (nSPS) is 20.1. The fraction of sp³-hybridized carbons (Fsp3) is 0.240. The second-order valence-electron chi connectivity index (χ2n) is 9.82. The molecule has 0 saturated carbocycles. The number of hydrogen-bond donors (Lipinski definition) is 1. The van der Waals surface area contributed by atoms with Crippen LogP contribution < -0.4 is 19.1 Å². The number of amidine groups is 1. The van der Waals surface area contributed by atoms with Gasteiger partial charge in [0.05, 0.1) is 5.56 Å². The number of rotatable bonds is 1. The number of hydroxylamine groups is 3. The average Bonchev–Trinajstić information content (AvgIpc) is 2.90. The van der Waals surface area contributed by atoms with Gasteiger partial charge in [-0.2, -0.15) is 0 Å². The van der Waals surface area contributed by atoms with E-state index in [0.717, 1.165) is 43.3 Å². The van der Waals surface area contributed by atoms with Crippen LogP contribution in [0.4, 0.5) is 17.1 Å². The summed E-state index contributed by atoms with van der Waals surface area (Å²) in [5.74, 6) is 3.90. The first-order chi connectivity index (χ1) is 15.7. The van der Waals surface area contributed by atoms with E-state index in [2.05, 4.69) is 0 Å². The molecular formula is C25H21N3O5. The minimum Gasteiger partial charge on any atom is -0.715 e. The van der Waals surface area contributed by atoms with Gasteiger partial charge in [0.15, 0.2) is 34.5 Å². The van der Waals surface area contributed by atoms with Crippen molar-refractivity contribution in [1.82, 2.24) is 5.06 Å². The average molecular weight is 443 g/mol. The van der Waals surface area contributed by atoms with Crippen molar-refractivity contribution >= 4 is 22.9 Å². The molecule has 7 rings (SSSR count). The van der Waals surface area contributed by atoms with Gasteiger partial charge in [0.1, 0.15) is 11.1 Å². The quantitative estimate of drug-likeness (QED) is 0.290. The third kappa shape index (κ3) is 2.06. The molecule has 8 nitrogen and oxygen atoms in total. The lowest BCUT2D eigenvalue weighted by Crippen LogP contribution is -2.98. The zero-order valence-electron chi connectivity index (χ0n) is 18.6. The van der Waals surface area contributed by atoms with Gasteiger partial charge in [0.2, 0.25) is 17.1 Å². The van der Waals surface area contributed by atoms with Crippen LogP contribution >= 0.6 is 0 Å². The third-order valence-corrected chi connectivity index (χ3v) is 7.61. The van der Waals surface area contributed by atoms with Gasteiger partial charge in [-0.3, -0.25) is 9.80 Å². The van der Waals surface area contributed by atoms with Crippen LogP contribution in [0.3, 0.4) is 0 Å². The Hall–Kier alpha value is -3.75. The van der Waals surface area contributed by atoms with Crippen molar-refractivity contribution < 1.29 is 23.8 Å². The Bertz CT molecular complexity index is 1370. The SMILES string of the molecule is CC1(C)N([O-])C(c2cc3c4c(c2)Oc2cccc5c2[NH+]4c2c(cccc2O3)O5)=[N+]([O-])C1(C)C. The van der Waals surface area contributed by atoms with Gasteiger partial charge < -0.3 is 24.6 Å². The van der Waals surface area contributed by atoms with Crippen LogP contribution in [0.15, 0.2) is 48.5 Å². The number of benzene rings is 3. The Kier molecular flexibility index (Phi) is 3.18. The molecule has 0 saturated heterocycles. The highest BCUT2D eigenvalue weighted by atomic mass is 16.5. The van der Waals surface area contributed by atoms with E-state index in [1.807, 2.05) is 36.4 Å². The van der Waals surface area contributed by atoms with Crippen LogP contribution in [-0.2, 0) is 0 Å². The van der Waals surface area contributed by atoms with Gasteiger partial charge in [-0.25, -0.2) is 4.90 Å². The van der Waals surface area contributed by atoms with Gasteiger partial charge >= 0.3 is 0 Å². The molecule has 0 radical (unpaired) electrons. The van der Waals surface area contributed by atoms with Crippen molar-refractivity contribution in [2.24, 2.45) is 0 Å². The van der Waals surface area contributed by atoms with Crippen molar-refractivity contribution in [3.8, 4) is 34.5 Å². The summed E-state index contributed by atoms with van der Waals surface area (Å²) in [6, 6.07) is 14.9. The number of nitrogens with one attached hydrogen (secondary N) is 1. The molecule has 1 N–H and O–H groups in total. The van der Waals surface area contributed by atoms with Gasteiger partial charge in [-0.05, 0) is 52.0 Å².